The maximum Gasteiger partial charge on any atom is 0.416 e. The molecular formula is C15H12BrClF3N. The van der Waals surface area contributed by atoms with Crippen LogP contribution < -0.4 is 5.32 Å². The summed E-state index contributed by atoms with van der Waals surface area (Å²) in [6.07, 6.45) is -4.34. The van der Waals surface area contributed by atoms with Gasteiger partial charge in [0.05, 0.1) is 10.6 Å². The normalized spacial score (nSPS) is 11.5. The van der Waals surface area contributed by atoms with E-state index in [2.05, 4.69) is 21.2 Å². The van der Waals surface area contributed by atoms with Gasteiger partial charge in [0.25, 0.3) is 0 Å². The smallest absolute Gasteiger partial charge is 0.381 e. The third-order valence-corrected chi connectivity index (χ3v) is 4.26. The second-order valence-electron chi connectivity index (χ2n) is 4.63. The number of aryl methyl sites for hydroxylation is 1. The highest BCUT2D eigenvalue weighted by atomic mass is 79.9. The number of benzene rings is 2. The van der Waals surface area contributed by atoms with Gasteiger partial charge in [-0.25, -0.2) is 0 Å². The van der Waals surface area contributed by atoms with Crippen LogP contribution in [-0.4, -0.2) is 0 Å². The van der Waals surface area contributed by atoms with Crippen molar-refractivity contribution in [3.8, 4) is 0 Å². The molecular weight excluding hydrogens is 367 g/mol. The summed E-state index contributed by atoms with van der Waals surface area (Å²) in [5.74, 6) is 0. The lowest BCUT2D eigenvalue weighted by Gasteiger charge is -2.13. The van der Waals surface area contributed by atoms with Crippen LogP contribution in [0.1, 0.15) is 16.7 Å². The molecule has 1 nitrogen and oxygen atoms in total. The number of hydrogen-bond donors (Lipinski definition) is 1. The Morgan fingerprint density at radius 3 is 2.48 bits per heavy atom. The Hall–Kier alpha value is -1.20. The summed E-state index contributed by atoms with van der Waals surface area (Å²) in [6.45, 7) is 1.84. The molecule has 112 valence electrons. The maximum absolute atomic E-state index is 12.8. The van der Waals surface area contributed by atoms with E-state index >= 15 is 0 Å². The predicted octanol–water partition coefficient (Wildman–Crippen LogP) is 6.04. The van der Waals surface area contributed by atoms with Crippen LogP contribution in [0, 0.1) is 6.92 Å². The van der Waals surface area contributed by atoms with Gasteiger partial charge >= 0.3 is 6.18 Å². The van der Waals surface area contributed by atoms with Crippen LogP contribution in [0.4, 0.5) is 18.9 Å². The van der Waals surface area contributed by atoms with Gasteiger partial charge in [0, 0.05) is 16.7 Å². The largest absolute Gasteiger partial charge is 0.416 e. The molecule has 0 heterocycles. The van der Waals surface area contributed by atoms with Gasteiger partial charge in [0.1, 0.15) is 0 Å². The van der Waals surface area contributed by atoms with Gasteiger partial charge in [-0.15, -0.1) is 0 Å². The first-order chi connectivity index (χ1) is 9.77. The standard InChI is InChI=1S/C15H12BrClF3N/c1-9-2-4-11(7-12(9)15(18,19)20)21-8-10-3-5-13(16)14(17)6-10/h2-7,21H,8H2,1H3. The van der Waals surface area contributed by atoms with Crippen molar-refractivity contribution >= 4 is 33.2 Å². The molecule has 2 aromatic carbocycles. The van der Waals surface area contributed by atoms with Crippen LogP contribution in [0.5, 0.6) is 0 Å². The SMILES string of the molecule is Cc1ccc(NCc2ccc(Br)c(Cl)c2)cc1C(F)(F)F. The second kappa shape index (κ2) is 6.28. The van der Waals surface area contributed by atoms with Crippen molar-refractivity contribution in [3.05, 3.63) is 62.6 Å². The number of nitrogens with one attached hydrogen (secondary N) is 1. The zero-order chi connectivity index (χ0) is 15.6. The van der Waals surface area contributed by atoms with Crippen molar-refractivity contribution in [2.45, 2.75) is 19.6 Å². The van der Waals surface area contributed by atoms with E-state index < -0.39 is 11.7 Å². The molecule has 2 rings (SSSR count). The Labute approximate surface area is 134 Å². The lowest BCUT2D eigenvalue weighted by atomic mass is 10.1. The Bertz CT molecular complexity index is 656. The number of halogens is 5. The van der Waals surface area contributed by atoms with E-state index in [1.165, 1.54) is 13.0 Å². The summed E-state index contributed by atoms with van der Waals surface area (Å²) in [5.41, 5.74) is 0.894. The van der Waals surface area contributed by atoms with Crippen molar-refractivity contribution in [1.82, 2.24) is 0 Å². The maximum atomic E-state index is 12.8. The molecule has 2 aromatic rings. The van der Waals surface area contributed by atoms with E-state index in [0.717, 1.165) is 16.1 Å². The molecule has 1 N–H and O–H groups in total. The molecule has 0 aliphatic carbocycles. The molecule has 0 unspecified atom stereocenters. The van der Waals surface area contributed by atoms with Crippen molar-refractivity contribution in [3.63, 3.8) is 0 Å². The van der Waals surface area contributed by atoms with Crippen LogP contribution in [0.3, 0.4) is 0 Å². The minimum Gasteiger partial charge on any atom is -0.381 e. The Morgan fingerprint density at radius 1 is 1.14 bits per heavy atom. The number of anilines is 1. The fraction of sp³-hybridized carbons (Fsp3) is 0.200. The monoisotopic (exact) mass is 377 g/mol. The van der Waals surface area contributed by atoms with E-state index in [9.17, 15) is 13.2 Å². The van der Waals surface area contributed by atoms with E-state index in [0.29, 0.717) is 17.3 Å². The van der Waals surface area contributed by atoms with E-state index in [4.69, 9.17) is 11.6 Å². The molecule has 0 aromatic heterocycles. The molecule has 0 fully saturated rings. The molecule has 0 atom stereocenters. The Morgan fingerprint density at radius 2 is 1.86 bits per heavy atom. The minimum atomic E-state index is -4.34. The highest BCUT2D eigenvalue weighted by molar-refractivity contribution is 9.10. The topological polar surface area (TPSA) is 12.0 Å². The molecule has 0 aliphatic heterocycles. The number of alkyl halides is 3. The fourth-order valence-electron chi connectivity index (χ4n) is 1.89. The third-order valence-electron chi connectivity index (χ3n) is 3.02. The summed E-state index contributed by atoms with van der Waals surface area (Å²) in [6, 6.07) is 9.62. The van der Waals surface area contributed by atoms with E-state index in [1.807, 2.05) is 6.07 Å². The predicted molar refractivity (Wildman–Crippen MR) is 82.7 cm³/mol. The summed E-state index contributed by atoms with van der Waals surface area (Å²) >= 11 is 9.27. The van der Waals surface area contributed by atoms with Gasteiger partial charge in [0.2, 0.25) is 0 Å². The lowest BCUT2D eigenvalue weighted by molar-refractivity contribution is -0.138. The number of hydrogen-bond acceptors (Lipinski definition) is 1. The van der Waals surface area contributed by atoms with Crippen molar-refractivity contribution in [2.24, 2.45) is 0 Å². The molecule has 21 heavy (non-hydrogen) atoms. The molecule has 0 aliphatic rings. The summed E-state index contributed by atoms with van der Waals surface area (Å²) < 4.78 is 39.3. The van der Waals surface area contributed by atoms with Crippen molar-refractivity contribution < 1.29 is 13.2 Å². The van der Waals surface area contributed by atoms with E-state index in [-0.39, 0.29) is 5.56 Å². The van der Waals surface area contributed by atoms with Crippen LogP contribution in [0.25, 0.3) is 0 Å². The van der Waals surface area contributed by atoms with E-state index in [1.54, 1.807) is 18.2 Å². The van der Waals surface area contributed by atoms with Gasteiger partial charge < -0.3 is 5.32 Å². The summed E-state index contributed by atoms with van der Waals surface area (Å²) in [5, 5.41) is 3.54. The first kappa shape index (κ1) is 16.2. The zero-order valence-corrected chi connectivity index (χ0v) is 13.4. The molecule has 0 radical (unpaired) electrons. The fourth-order valence-corrected chi connectivity index (χ4v) is 2.34. The van der Waals surface area contributed by atoms with Crippen LogP contribution >= 0.6 is 27.5 Å². The molecule has 0 spiro atoms. The highest BCUT2D eigenvalue weighted by Gasteiger charge is 2.32. The van der Waals surface area contributed by atoms with Crippen molar-refractivity contribution in [1.29, 1.82) is 0 Å². The molecule has 0 saturated carbocycles. The van der Waals surface area contributed by atoms with Gasteiger partial charge in [-0.2, -0.15) is 13.2 Å². The molecule has 0 amide bonds. The van der Waals surface area contributed by atoms with Crippen LogP contribution in [0.2, 0.25) is 5.02 Å². The van der Waals surface area contributed by atoms with Crippen LogP contribution in [-0.2, 0) is 12.7 Å². The number of rotatable bonds is 3. The molecule has 0 bridgehead atoms. The first-order valence-electron chi connectivity index (χ1n) is 6.13. The Kier molecular flexibility index (Phi) is 4.84. The van der Waals surface area contributed by atoms with Gasteiger partial charge in [-0.05, 0) is 58.2 Å². The average molecular weight is 379 g/mol. The summed E-state index contributed by atoms with van der Waals surface area (Å²) in [4.78, 5) is 0. The average Bonchev–Trinajstić information content (AvgIpc) is 2.40. The Balaban J connectivity index is 2.15. The minimum absolute atomic E-state index is 0.208. The first-order valence-corrected chi connectivity index (χ1v) is 7.30. The quantitative estimate of drug-likeness (QED) is 0.686. The lowest BCUT2D eigenvalue weighted by Crippen LogP contribution is -2.09. The second-order valence-corrected chi connectivity index (χ2v) is 5.89. The zero-order valence-electron chi connectivity index (χ0n) is 11.1. The van der Waals surface area contributed by atoms with Gasteiger partial charge in [0.15, 0.2) is 0 Å². The third kappa shape index (κ3) is 4.14. The highest BCUT2D eigenvalue weighted by Crippen LogP contribution is 2.33. The summed E-state index contributed by atoms with van der Waals surface area (Å²) in [7, 11) is 0. The molecule has 0 saturated heterocycles. The van der Waals surface area contributed by atoms with Crippen LogP contribution in [0.15, 0.2) is 40.9 Å². The molecule has 6 heteroatoms. The van der Waals surface area contributed by atoms with Crippen molar-refractivity contribution in [2.75, 3.05) is 5.32 Å². The van der Waals surface area contributed by atoms with Gasteiger partial charge in [-0.3, -0.25) is 0 Å². The van der Waals surface area contributed by atoms with Gasteiger partial charge in [-0.1, -0.05) is 23.7 Å².